The standard InChI is InChI=1S/C8H14N2O.C2H6/c1-10(2)6-4-7-3-5-9-8(7)11;1-2/h4H,3,5-6H2,1-2H3,(H,9,11);1-2H3/b7-4-;. The zero-order valence-corrected chi connectivity index (χ0v) is 9.05. The summed E-state index contributed by atoms with van der Waals surface area (Å²) in [5.41, 5.74) is 0.929. The van der Waals surface area contributed by atoms with Crippen molar-refractivity contribution >= 4 is 5.91 Å². The van der Waals surface area contributed by atoms with E-state index in [1.165, 1.54) is 0 Å². The van der Waals surface area contributed by atoms with Crippen molar-refractivity contribution in [2.24, 2.45) is 0 Å². The Bertz CT molecular complexity index is 185. The van der Waals surface area contributed by atoms with E-state index >= 15 is 0 Å². The number of nitrogens with one attached hydrogen (secondary N) is 1. The summed E-state index contributed by atoms with van der Waals surface area (Å²) >= 11 is 0. The first-order chi connectivity index (χ1) is 6.20. The smallest absolute Gasteiger partial charge is 0.247 e. The van der Waals surface area contributed by atoms with Crippen LogP contribution in [0.4, 0.5) is 0 Å². The fourth-order valence-corrected chi connectivity index (χ4v) is 1.03. The summed E-state index contributed by atoms with van der Waals surface area (Å²) in [7, 11) is 3.98. The van der Waals surface area contributed by atoms with Crippen molar-refractivity contribution < 1.29 is 4.79 Å². The predicted molar refractivity (Wildman–Crippen MR) is 55.6 cm³/mol. The molecule has 3 nitrogen and oxygen atoms in total. The summed E-state index contributed by atoms with van der Waals surface area (Å²) in [6, 6.07) is 0. The van der Waals surface area contributed by atoms with Gasteiger partial charge in [0.2, 0.25) is 5.91 Å². The monoisotopic (exact) mass is 184 g/mol. The van der Waals surface area contributed by atoms with Crippen LogP contribution in [0, 0.1) is 0 Å². The van der Waals surface area contributed by atoms with Crippen molar-refractivity contribution in [3.63, 3.8) is 0 Å². The minimum Gasteiger partial charge on any atom is -0.352 e. The molecular weight excluding hydrogens is 164 g/mol. The van der Waals surface area contributed by atoms with Crippen molar-refractivity contribution in [3.8, 4) is 0 Å². The number of likely N-dealkylation sites (N-methyl/N-ethyl adjacent to an activating group) is 1. The lowest BCUT2D eigenvalue weighted by molar-refractivity contribution is -0.116. The summed E-state index contributed by atoms with van der Waals surface area (Å²) in [5, 5.41) is 2.77. The van der Waals surface area contributed by atoms with Gasteiger partial charge >= 0.3 is 0 Å². The van der Waals surface area contributed by atoms with Crippen LogP contribution in [-0.4, -0.2) is 38.0 Å². The Morgan fingerprint density at radius 1 is 1.46 bits per heavy atom. The van der Waals surface area contributed by atoms with Crippen LogP contribution in [0.3, 0.4) is 0 Å². The summed E-state index contributed by atoms with van der Waals surface area (Å²) in [5.74, 6) is 0.104. The average Bonchev–Trinajstić information content (AvgIpc) is 2.51. The maximum atomic E-state index is 11.0. The Labute approximate surface area is 80.8 Å². The Balaban J connectivity index is 0.000000671. The maximum Gasteiger partial charge on any atom is 0.247 e. The minimum atomic E-state index is 0.104. The molecule has 0 spiro atoms. The molecule has 0 radical (unpaired) electrons. The molecule has 1 fully saturated rings. The van der Waals surface area contributed by atoms with Crippen molar-refractivity contribution in [2.75, 3.05) is 27.2 Å². The number of carbonyl (C=O) groups excluding carboxylic acids is 1. The molecule has 3 heteroatoms. The Hall–Kier alpha value is -0.830. The highest BCUT2D eigenvalue weighted by atomic mass is 16.1. The van der Waals surface area contributed by atoms with Crippen LogP contribution >= 0.6 is 0 Å². The molecule has 0 aromatic heterocycles. The lowest BCUT2D eigenvalue weighted by Gasteiger charge is -2.04. The molecule has 1 amide bonds. The van der Waals surface area contributed by atoms with Crippen molar-refractivity contribution in [3.05, 3.63) is 11.6 Å². The summed E-state index contributed by atoms with van der Waals surface area (Å²) in [4.78, 5) is 13.0. The van der Waals surface area contributed by atoms with Gasteiger partial charge in [-0.1, -0.05) is 19.9 Å². The molecule has 1 heterocycles. The molecule has 0 saturated carbocycles. The fourth-order valence-electron chi connectivity index (χ4n) is 1.03. The molecule has 0 atom stereocenters. The van der Waals surface area contributed by atoms with Crippen LogP contribution in [0.15, 0.2) is 11.6 Å². The van der Waals surface area contributed by atoms with E-state index in [-0.39, 0.29) is 5.91 Å². The lowest BCUT2D eigenvalue weighted by Crippen LogP contribution is -2.16. The van der Waals surface area contributed by atoms with Gasteiger partial charge in [-0.15, -0.1) is 0 Å². The molecule has 13 heavy (non-hydrogen) atoms. The van der Waals surface area contributed by atoms with Crippen LogP contribution in [0.2, 0.25) is 0 Å². The molecular formula is C10H20N2O. The third kappa shape index (κ3) is 4.68. The van der Waals surface area contributed by atoms with E-state index in [0.717, 1.165) is 25.1 Å². The van der Waals surface area contributed by atoms with E-state index in [0.29, 0.717) is 0 Å². The van der Waals surface area contributed by atoms with Gasteiger partial charge in [0, 0.05) is 18.7 Å². The summed E-state index contributed by atoms with van der Waals surface area (Å²) in [6.45, 7) is 5.65. The Morgan fingerprint density at radius 3 is 2.46 bits per heavy atom. The zero-order chi connectivity index (χ0) is 10.3. The molecule has 0 aliphatic carbocycles. The van der Waals surface area contributed by atoms with Crippen LogP contribution in [0.1, 0.15) is 20.3 Å². The zero-order valence-electron chi connectivity index (χ0n) is 9.05. The first-order valence-corrected chi connectivity index (χ1v) is 4.82. The van der Waals surface area contributed by atoms with Gasteiger partial charge in [-0.3, -0.25) is 4.79 Å². The number of rotatable bonds is 2. The van der Waals surface area contributed by atoms with E-state index in [1.807, 2.05) is 38.9 Å². The fraction of sp³-hybridized carbons (Fsp3) is 0.700. The van der Waals surface area contributed by atoms with Gasteiger partial charge in [-0.2, -0.15) is 0 Å². The quantitative estimate of drug-likeness (QED) is 0.650. The third-order valence-electron chi connectivity index (χ3n) is 1.67. The normalized spacial score (nSPS) is 18.5. The number of hydrogen-bond acceptors (Lipinski definition) is 2. The third-order valence-corrected chi connectivity index (χ3v) is 1.67. The number of carbonyl (C=O) groups is 1. The molecule has 76 valence electrons. The molecule has 0 bridgehead atoms. The van der Waals surface area contributed by atoms with Crippen molar-refractivity contribution in [2.45, 2.75) is 20.3 Å². The van der Waals surface area contributed by atoms with E-state index in [2.05, 4.69) is 5.32 Å². The summed E-state index contributed by atoms with van der Waals surface area (Å²) in [6.07, 6.45) is 2.87. The van der Waals surface area contributed by atoms with Gasteiger partial charge in [-0.05, 0) is 20.5 Å². The van der Waals surface area contributed by atoms with Gasteiger partial charge in [-0.25, -0.2) is 0 Å². The minimum absolute atomic E-state index is 0.104. The largest absolute Gasteiger partial charge is 0.352 e. The first-order valence-electron chi connectivity index (χ1n) is 4.82. The van der Waals surface area contributed by atoms with E-state index < -0.39 is 0 Å². The lowest BCUT2D eigenvalue weighted by atomic mass is 10.2. The van der Waals surface area contributed by atoms with Gasteiger partial charge in [0.25, 0.3) is 0 Å². The SMILES string of the molecule is CC.CN(C)C/C=C1/CCNC1=O. The van der Waals surface area contributed by atoms with Crippen LogP contribution in [0.25, 0.3) is 0 Å². The van der Waals surface area contributed by atoms with E-state index in [9.17, 15) is 4.79 Å². The average molecular weight is 184 g/mol. The van der Waals surface area contributed by atoms with Crippen molar-refractivity contribution in [1.82, 2.24) is 10.2 Å². The summed E-state index contributed by atoms with van der Waals surface area (Å²) < 4.78 is 0. The second kappa shape index (κ2) is 6.66. The van der Waals surface area contributed by atoms with Crippen LogP contribution < -0.4 is 5.32 Å². The molecule has 0 aromatic carbocycles. The molecule has 1 aliphatic heterocycles. The van der Waals surface area contributed by atoms with Gasteiger partial charge in [0.1, 0.15) is 0 Å². The number of hydrogen-bond donors (Lipinski definition) is 1. The van der Waals surface area contributed by atoms with Crippen LogP contribution in [-0.2, 0) is 4.79 Å². The molecule has 1 saturated heterocycles. The second-order valence-electron chi connectivity index (χ2n) is 3.00. The Kier molecular flexibility index (Phi) is 6.24. The van der Waals surface area contributed by atoms with E-state index in [1.54, 1.807) is 0 Å². The molecule has 1 aliphatic rings. The second-order valence-corrected chi connectivity index (χ2v) is 3.00. The van der Waals surface area contributed by atoms with Crippen LogP contribution in [0.5, 0.6) is 0 Å². The maximum absolute atomic E-state index is 11.0. The molecule has 1 N–H and O–H groups in total. The first kappa shape index (κ1) is 12.2. The molecule has 0 aromatic rings. The van der Waals surface area contributed by atoms with Crippen molar-refractivity contribution in [1.29, 1.82) is 0 Å². The molecule has 1 rings (SSSR count). The number of nitrogens with zero attached hydrogens (tertiary/aromatic N) is 1. The van der Waals surface area contributed by atoms with Gasteiger partial charge < -0.3 is 10.2 Å². The highest BCUT2D eigenvalue weighted by molar-refractivity contribution is 5.95. The molecule has 0 unspecified atom stereocenters. The highest BCUT2D eigenvalue weighted by Gasteiger charge is 2.14. The predicted octanol–water partition coefficient (Wildman–Crippen LogP) is 1.02. The number of amides is 1. The highest BCUT2D eigenvalue weighted by Crippen LogP contribution is 2.06. The topological polar surface area (TPSA) is 32.3 Å². The van der Waals surface area contributed by atoms with Gasteiger partial charge in [0.05, 0.1) is 0 Å². The Morgan fingerprint density at radius 2 is 2.08 bits per heavy atom. The van der Waals surface area contributed by atoms with Gasteiger partial charge in [0.15, 0.2) is 0 Å². The van der Waals surface area contributed by atoms with E-state index in [4.69, 9.17) is 0 Å².